The zero-order chi connectivity index (χ0) is 12.8. The second-order valence-corrected chi connectivity index (χ2v) is 4.30. The summed E-state index contributed by atoms with van der Waals surface area (Å²) in [6.45, 7) is 5.57. The van der Waals surface area contributed by atoms with Gasteiger partial charge in [0.2, 0.25) is 0 Å². The topological polar surface area (TPSA) is 67.2 Å². The smallest absolute Gasteiger partial charge is 0.274 e. The normalized spacial score (nSPS) is 12.2. The van der Waals surface area contributed by atoms with E-state index in [0.717, 1.165) is 18.8 Å². The van der Waals surface area contributed by atoms with E-state index < -0.39 is 0 Å². The first kappa shape index (κ1) is 13.4. The molecule has 0 heterocycles. The molecule has 17 heavy (non-hydrogen) atoms. The summed E-state index contributed by atoms with van der Waals surface area (Å²) in [4.78, 5) is 10.4. The number of nitrogens with one attached hydrogen (secondary N) is 2. The van der Waals surface area contributed by atoms with Crippen molar-refractivity contribution in [1.29, 1.82) is 0 Å². The highest BCUT2D eigenvalue weighted by Gasteiger charge is 2.11. The number of aryl methyl sites for hydroxylation is 1. The molecule has 0 bridgehead atoms. The molecule has 0 aromatic heterocycles. The highest BCUT2D eigenvalue weighted by molar-refractivity contribution is 5.54. The highest BCUT2D eigenvalue weighted by Crippen LogP contribution is 2.22. The minimum atomic E-state index is -0.350. The number of hydrogen-bond acceptors (Lipinski definition) is 4. The van der Waals surface area contributed by atoms with Crippen LogP contribution in [0.5, 0.6) is 0 Å². The van der Waals surface area contributed by atoms with Crippen LogP contribution in [0.3, 0.4) is 0 Å². The average Bonchev–Trinajstić information content (AvgIpc) is 2.28. The summed E-state index contributed by atoms with van der Waals surface area (Å²) in [5.41, 5.74) is 1.64. The van der Waals surface area contributed by atoms with Gasteiger partial charge in [0.05, 0.1) is 4.92 Å². The molecule has 0 aliphatic heterocycles. The minimum Gasteiger partial charge on any atom is -0.385 e. The summed E-state index contributed by atoms with van der Waals surface area (Å²) in [5, 5.41) is 17.1. The van der Waals surface area contributed by atoms with Crippen molar-refractivity contribution in [3.8, 4) is 0 Å². The molecule has 5 heteroatoms. The lowest BCUT2D eigenvalue weighted by Gasteiger charge is -2.13. The fraction of sp³-hybridized carbons (Fsp3) is 0.500. The Kier molecular flexibility index (Phi) is 4.90. The lowest BCUT2D eigenvalue weighted by atomic mass is 10.1. The van der Waals surface area contributed by atoms with Crippen LogP contribution in [0.1, 0.15) is 12.5 Å². The van der Waals surface area contributed by atoms with E-state index in [4.69, 9.17) is 0 Å². The molecule has 5 nitrogen and oxygen atoms in total. The van der Waals surface area contributed by atoms with Gasteiger partial charge in [-0.05, 0) is 32.5 Å². The molecule has 94 valence electrons. The van der Waals surface area contributed by atoms with Crippen LogP contribution in [0.4, 0.5) is 11.4 Å². The van der Waals surface area contributed by atoms with Gasteiger partial charge in [-0.3, -0.25) is 10.1 Å². The second-order valence-electron chi connectivity index (χ2n) is 4.30. The summed E-state index contributed by atoms with van der Waals surface area (Å²) < 4.78 is 0. The molecule has 0 aliphatic rings. The average molecular weight is 237 g/mol. The quantitative estimate of drug-likeness (QED) is 0.587. The van der Waals surface area contributed by atoms with Crippen molar-refractivity contribution in [2.75, 3.05) is 25.5 Å². The fourth-order valence-electron chi connectivity index (χ4n) is 1.63. The van der Waals surface area contributed by atoms with E-state index in [1.165, 1.54) is 0 Å². The Morgan fingerprint density at radius 3 is 2.71 bits per heavy atom. The van der Waals surface area contributed by atoms with Crippen molar-refractivity contribution in [1.82, 2.24) is 5.32 Å². The first-order chi connectivity index (χ1) is 8.04. The molecule has 0 radical (unpaired) electrons. The number of nitro groups is 1. The summed E-state index contributed by atoms with van der Waals surface area (Å²) in [5.74, 6) is 0.473. The monoisotopic (exact) mass is 237 g/mol. The number of anilines is 1. The van der Waals surface area contributed by atoms with E-state index in [2.05, 4.69) is 17.6 Å². The van der Waals surface area contributed by atoms with E-state index in [0.29, 0.717) is 11.5 Å². The molecule has 1 unspecified atom stereocenters. The zero-order valence-electron chi connectivity index (χ0n) is 10.5. The summed E-state index contributed by atoms with van der Waals surface area (Å²) in [6.07, 6.45) is 0. The fourth-order valence-corrected chi connectivity index (χ4v) is 1.63. The number of nitrogens with zero attached hydrogens (tertiary/aromatic N) is 1. The van der Waals surface area contributed by atoms with Crippen LogP contribution in [0.25, 0.3) is 0 Å². The highest BCUT2D eigenvalue weighted by atomic mass is 16.6. The Balaban J connectivity index is 2.66. The van der Waals surface area contributed by atoms with Gasteiger partial charge in [-0.1, -0.05) is 13.0 Å². The third kappa shape index (κ3) is 4.03. The van der Waals surface area contributed by atoms with Gasteiger partial charge in [0.25, 0.3) is 5.69 Å². The van der Waals surface area contributed by atoms with E-state index in [9.17, 15) is 10.1 Å². The zero-order valence-corrected chi connectivity index (χ0v) is 10.5. The maximum Gasteiger partial charge on any atom is 0.274 e. The Labute approximate surface area is 101 Å². The lowest BCUT2D eigenvalue weighted by molar-refractivity contribution is -0.385. The molecule has 1 aromatic rings. The van der Waals surface area contributed by atoms with Crippen LogP contribution >= 0.6 is 0 Å². The summed E-state index contributed by atoms with van der Waals surface area (Å²) in [7, 11) is 1.91. The number of hydrogen-bond donors (Lipinski definition) is 2. The molecular formula is C12H19N3O2. The number of rotatable bonds is 6. The van der Waals surface area contributed by atoms with Crippen LogP contribution in [-0.4, -0.2) is 25.1 Å². The maximum atomic E-state index is 10.8. The maximum absolute atomic E-state index is 10.8. The van der Waals surface area contributed by atoms with E-state index in [1.807, 2.05) is 13.1 Å². The molecule has 1 atom stereocenters. The molecule has 0 spiro atoms. The van der Waals surface area contributed by atoms with Crippen molar-refractivity contribution >= 4 is 11.4 Å². The van der Waals surface area contributed by atoms with Crippen molar-refractivity contribution in [3.63, 3.8) is 0 Å². The lowest BCUT2D eigenvalue weighted by Crippen LogP contribution is -2.22. The van der Waals surface area contributed by atoms with Crippen molar-refractivity contribution in [3.05, 3.63) is 33.9 Å². The van der Waals surface area contributed by atoms with Gasteiger partial charge in [-0.15, -0.1) is 0 Å². The second kappa shape index (κ2) is 6.20. The first-order valence-electron chi connectivity index (χ1n) is 5.68. The molecule has 0 amide bonds. The number of nitro benzene ring substituents is 1. The van der Waals surface area contributed by atoms with Crippen LogP contribution in [0.2, 0.25) is 0 Å². The van der Waals surface area contributed by atoms with Gasteiger partial charge in [0.1, 0.15) is 0 Å². The molecule has 0 aliphatic carbocycles. The van der Waals surface area contributed by atoms with Crippen molar-refractivity contribution in [2.24, 2.45) is 5.92 Å². The molecule has 1 aromatic carbocycles. The van der Waals surface area contributed by atoms with Crippen LogP contribution in [0, 0.1) is 23.0 Å². The van der Waals surface area contributed by atoms with E-state index >= 15 is 0 Å². The third-order valence-corrected chi connectivity index (χ3v) is 2.61. The van der Waals surface area contributed by atoms with Gasteiger partial charge in [0, 0.05) is 23.9 Å². The summed E-state index contributed by atoms with van der Waals surface area (Å²) in [6, 6.07) is 5.22. The van der Waals surface area contributed by atoms with Crippen molar-refractivity contribution < 1.29 is 4.92 Å². The Morgan fingerprint density at radius 1 is 1.41 bits per heavy atom. The molecule has 0 saturated heterocycles. The Morgan fingerprint density at radius 2 is 2.12 bits per heavy atom. The van der Waals surface area contributed by atoms with Crippen LogP contribution in [0.15, 0.2) is 18.2 Å². The SMILES string of the molecule is CNCC(C)CNc1ccc(C)c([N+](=O)[O-])c1. The minimum absolute atomic E-state index is 0.163. The molecular weight excluding hydrogens is 218 g/mol. The Bertz CT molecular complexity index is 393. The molecule has 0 fully saturated rings. The first-order valence-corrected chi connectivity index (χ1v) is 5.68. The largest absolute Gasteiger partial charge is 0.385 e. The van der Waals surface area contributed by atoms with Crippen LogP contribution < -0.4 is 10.6 Å². The van der Waals surface area contributed by atoms with Crippen LogP contribution in [-0.2, 0) is 0 Å². The predicted molar refractivity (Wildman–Crippen MR) is 69.4 cm³/mol. The molecule has 1 rings (SSSR count). The molecule has 0 saturated carbocycles. The van der Waals surface area contributed by atoms with E-state index in [1.54, 1.807) is 19.1 Å². The van der Waals surface area contributed by atoms with Gasteiger partial charge in [-0.25, -0.2) is 0 Å². The number of benzene rings is 1. The third-order valence-electron chi connectivity index (χ3n) is 2.61. The summed E-state index contributed by atoms with van der Waals surface area (Å²) >= 11 is 0. The van der Waals surface area contributed by atoms with Gasteiger partial charge in [0.15, 0.2) is 0 Å². The van der Waals surface area contributed by atoms with E-state index in [-0.39, 0.29) is 10.6 Å². The predicted octanol–water partition coefficient (Wildman–Crippen LogP) is 2.17. The van der Waals surface area contributed by atoms with Gasteiger partial charge < -0.3 is 10.6 Å². The Hall–Kier alpha value is -1.62. The van der Waals surface area contributed by atoms with Crippen molar-refractivity contribution in [2.45, 2.75) is 13.8 Å². The van der Waals surface area contributed by atoms with Gasteiger partial charge in [-0.2, -0.15) is 0 Å². The van der Waals surface area contributed by atoms with Gasteiger partial charge >= 0.3 is 0 Å². The molecule has 2 N–H and O–H groups in total. The standard InChI is InChI=1S/C12H19N3O2/c1-9(7-13-3)8-14-11-5-4-10(2)12(6-11)15(16)17/h4-6,9,13-14H,7-8H2,1-3H3.